The van der Waals surface area contributed by atoms with Crippen molar-refractivity contribution in [2.24, 2.45) is 0 Å². The molecule has 0 bridgehead atoms. The second kappa shape index (κ2) is 6.54. The normalized spacial score (nSPS) is 15.0. The summed E-state index contributed by atoms with van der Waals surface area (Å²) in [5.74, 6) is 0.827. The molecule has 0 spiro atoms. The lowest BCUT2D eigenvalue weighted by molar-refractivity contribution is 0.328. The number of nitrogens with zero attached hydrogens (tertiary/aromatic N) is 5. The average Bonchev–Trinajstić information content (AvgIpc) is 3.26. The van der Waals surface area contributed by atoms with Gasteiger partial charge in [0.2, 0.25) is 10.0 Å². The highest BCUT2D eigenvalue weighted by Gasteiger charge is 2.24. The number of anilines is 1. The number of hydrogen-bond donors (Lipinski definition) is 1. The molecule has 10 heteroatoms. The predicted octanol–water partition coefficient (Wildman–Crippen LogP) is 1.32. The number of rotatable bonds is 5. The van der Waals surface area contributed by atoms with Gasteiger partial charge in [-0.05, 0) is 23.4 Å². The molecule has 0 radical (unpaired) electrons. The van der Waals surface area contributed by atoms with Gasteiger partial charge in [-0.1, -0.05) is 18.2 Å². The van der Waals surface area contributed by atoms with Gasteiger partial charge >= 0.3 is 0 Å². The first-order chi connectivity index (χ1) is 12.5. The zero-order chi connectivity index (χ0) is 18.1. The van der Waals surface area contributed by atoms with Crippen LogP contribution in [0.25, 0.3) is 11.5 Å². The molecule has 0 atom stereocenters. The third-order valence-electron chi connectivity index (χ3n) is 4.16. The maximum Gasteiger partial charge on any atom is 0.264 e. The smallest absolute Gasteiger partial charge is 0.264 e. The summed E-state index contributed by atoms with van der Waals surface area (Å²) >= 11 is 0. The molecule has 9 nitrogen and oxygen atoms in total. The second-order valence-corrected chi connectivity index (χ2v) is 8.07. The summed E-state index contributed by atoms with van der Waals surface area (Å²) in [6, 6.07) is 11.4. The van der Waals surface area contributed by atoms with Gasteiger partial charge < -0.3 is 9.84 Å². The van der Waals surface area contributed by atoms with Gasteiger partial charge in [0.15, 0.2) is 0 Å². The Bertz CT molecular complexity index is 1010. The van der Waals surface area contributed by atoms with E-state index in [0.717, 1.165) is 17.0 Å². The molecule has 1 aromatic carbocycles. The van der Waals surface area contributed by atoms with Gasteiger partial charge in [-0.25, -0.2) is 8.42 Å². The van der Waals surface area contributed by atoms with E-state index in [-0.39, 0.29) is 0 Å². The van der Waals surface area contributed by atoms with Crippen LogP contribution in [0.3, 0.4) is 0 Å². The van der Waals surface area contributed by atoms with E-state index in [1.54, 1.807) is 0 Å². The van der Waals surface area contributed by atoms with Crippen molar-refractivity contribution >= 4 is 16.0 Å². The fourth-order valence-corrected chi connectivity index (χ4v) is 3.61. The van der Waals surface area contributed by atoms with Gasteiger partial charge in [-0.15, -0.1) is 0 Å². The van der Waals surface area contributed by atoms with Crippen molar-refractivity contribution in [3.8, 4) is 11.5 Å². The van der Waals surface area contributed by atoms with Crippen molar-refractivity contribution in [2.45, 2.75) is 19.6 Å². The molecule has 3 heterocycles. The lowest BCUT2D eigenvalue weighted by Gasteiger charge is -2.25. The number of nitrogens with one attached hydrogen (secondary N) is 1. The topological polar surface area (TPSA) is 106 Å². The molecule has 136 valence electrons. The lowest BCUT2D eigenvalue weighted by Crippen LogP contribution is -2.37. The molecule has 0 aliphatic carbocycles. The highest BCUT2D eigenvalue weighted by atomic mass is 32.2. The second-order valence-electron chi connectivity index (χ2n) is 6.09. The van der Waals surface area contributed by atoms with Crippen molar-refractivity contribution < 1.29 is 12.9 Å². The molecular weight excluding hydrogens is 356 g/mol. The van der Waals surface area contributed by atoms with E-state index in [1.165, 1.54) is 10.6 Å². The largest absolute Gasteiger partial charge is 0.346 e. The van der Waals surface area contributed by atoms with E-state index in [2.05, 4.69) is 20.6 Å². The first kappa shape index (κ1) is 16.7. The third-order valence-corrected chi connectivity index (χ3v) is 5.41. The van der Waals surface area contributed by atoms with Crippen LogP contribution in [0.2, 0.25) is 0 Å². The highest BCUT2D eigenvalue weighted by Crippen LogP contribution is 2.19. The van der Waals surface area contributed by atoms with Crippen LogP contribution in [-0.2, 0) is 29.7 Å². The monoisotopic (exact) mass is 374 g/mol. The molecular formula is C16H18N6O3S. The number of benzene rings is 1. The first-order valence-corrected chi connectivity index (χ1v) is 9.97. The fourth-order valence-electron chi connectivity index (χ4n) is 2.83. The van der Waals surface area contributed by atoms with Crippen molar-refractivity contribution in [3.05, 3.63) is 47.8 Å². The van der Waals surface area contributed by atoms with Crippen LogP contribution in [0.4, 0.5) is 5.95 Å². The number of aromatic nitrogens is 4. The molecule has 0 amide bonds. The third kappa shape index (κ3) is 3.46. The van der Waals surface area contributed by atoms with Crippen molar-refractivity contribution in [1.82, 2.24) is 24.2 Å². The Kier molecular flexibility index (Phi) is 4.21. The Hall–Kier alpha value is -2.72. The fraction of sp³-hybridized carbons (Fsp3) is 0.312. The van der Waals surface area contributed by atoms with Gasteiger partial charge in [-0.3, -0.25) is 4.68 Å². The van der Waals surface area contributed by atoms with Gasteiger partial charge in [0.1, 0.15) is 0 Å². The molecule has 26 heavy (non-hydrogen) atoms. The molecule has 1 aliphatic heterocycles. The molecule has 0 saturated carbocycles. The van der Waals surface area contributed by atoms with Crippen LogP contribution in [0, 0.1) is 0 Å². The van der Waals surface area contributed by atoms with Crippen LogP contribution >= 0.6 is 0 Å². The zero-order valence-corrected chi connectivity index (χ0v) is 15.0. The maximum atomic E-state index is 11.7. The first-order valence-electron chi connectivity index (χ1n) is 8.13. The molecule has 0 unspecified atom stereocenters. The average molecular weight is 374 g/mol. The van der Waals surface area contributed by atoms with Gasteiger partial charge in [0.05, 0.1) is 37.3 Å². The molecule has 2 aromatic heterocycles. The van der Waals surface area contributed by atoms with E-state index in [4.69, 9.17) is 4.52 Å². The SMILES string of the molecule is CS(=O)(=O)N1CCn2nc(CNc3noc(-c4ccccc4)n3)cc2C1. The Morgan fingerprint density at radius 2 is 2.04 bits per heavy atom. The van der Waals surface area contributed by atoms with E-state index < -0.39 is 10.0 Å². The van der Waals surface area contributed by atoms with Crippen molar-refractivity contribution in [1.29, 1.82) is 0 Å². The summed E-state index contributed by atoms with van der Waals surface area (Å²) in [6.07, 6.45) is 1.22. The summed E-state index contributed by atoms with van der Waals surface area (Å²) in [5, 5.41) is 11.5. The molecule has 1 aliphatic rings. The Morgan fingerprint density at radius 1 is 1.23 bits per heavy atom. The van der Waals surface area contributed by atoms with Crippen LogP contribution < -0.4 is 5.32 Å². The van der Waals surface area contributed by atoms with Crippen LogP contribution in [0.5, 0.6) is 0 Å². The number of fused-ring (bicyclic) bond motifs is 1. The summed E-state index contributed by atoms with van der Waals surface area (Å²) < 4.78 is 31.9. The minimum absolute atomic E-state index is 0.339. The predicted molar refractivity (Wildman–Crippen MR) is 94.5 cm³/mol. The van der Waals surface area contributed by atoms with Crippen LogP contribution in [0.1, 0.15) is 11.4 Å². The Morgan fingerprint density at radius 3 is 2.81 bits per heavy atom. The van der Waals surface area contributed by atoms with Crippen LogP contribution in [-0.4, -0.2) is 45.4 Å². The Labute approximate surface area is 150 Å². The summed E-state index contributed by atoms with van der Waals surface area (Å²) in [7, 11) is -3.19. The van der Waals surface area contributed by atoms with Crippen molar-refractivity contribution in [2.75, 3.05) is 18.1 Å². The number of hydrogen-bond acceptors (Lipinski definition) is 7. The molecule has 0 fully saturated rings. The van der Waals surface area contributed by atoms with E-state index in [0.29, 0.717) is 38.0 Å². The maximum absolute atomic E-state index is 11.7. The summed E-state index contributed by atoms with van der Waals surface area (Å²) in [4.78, 5) is 4.31. The molecule has 1 N–H and O–H groups in total. The van der Waals surface area contributed by atoms with Gasteiger partial charge in [-0.2, -0.15) is 14.4 Å². The zero-order valence-electron chi connectivity index (χ0n) is 14.2. The van der Waals surface area contributed by atoms with Gasteiger partial charge in [0.25, 0.3) is 11.8 Å². The van der Waals surface area contributed by atoms with Gasteiger partial charge in [0, 0.05) is 12.1 Å². The number of sulfonamides is 1. The van der Waals surface area contributed by atoms with Crippen molar-refractivity contribution in [3.63, 3.8) is 0 Å². The lowest BCUT2D eigenvalue weighted by atomic mass is 10.2. The molecule has 0 saturated heterocycles. The van der Waals surface area contributed by atoms with Crippen LogP contribution in [0.15, 0.2) is 40.9 Å². The molecule has 4 rings (SSSR count). The minimum Gasteiger partial charge on any atom is -0.346 e. The quantitative estimate of drug-likeness (QED) is 0.718. The standard InChI is InChI=1S/C16H18N6O3S/c1-26(23,24)21-7-8-22-14(11-21)9-13(19-22)10-17-16-18-15(25-20-16)12-5-3-2-4-6-12/h2-6,9H,7-8,10-11H2,1H3,(H,17,20). The minimum atomic E-state index is -3.19. The van der Waals surface area contributed by atoms with E-state index >= 15 is 0 Å². The summed E-state index contributed by atoms with van der Waals surface area (Å²) in [5.41, 5.74) is 2.52. The summed E-state index contributed by atoms with van der Waals surface area (Å²) in [6.45, 7) is 1.74. The Balaban J connectivity index is 1.42. The van der Waals surface area contributed by atoms with E-state index in [1.807, 2.05) is 41.1 Å². The molecule has 3 aromatic rings. The highest BCUT2D eigenvalue weighted by molar-refractivity contribution is 7.88. The van der Waals surface area contributed by atoms with E-state index in [9.17, 15) is 8.42 Å².